The van der Waals surface area contributed by atoms with E-state index in [1.54, 1.807) is 6.92 Å². The van der Waals surface area contributed by atoms with Crippen LogP contribution in [0.5, 0.6) is 0 Å². The third-order valence-corrected chi connectivity index (χ3v) is 6.54. The molecule has 0 spiro atoms. The largest absolute Gasteiger partial charge is 0.324 e. The van der Waals surface area contributed by atoms with Crippen molar-refractivity contribution < 1.29 is 16.8 Å². The fourth-order valence-corrected chi connectivity index (χ4v) is 5.48. The lowest BCUT2D eigenvalue weighted by atomic mass is 9.97. The Labute approximate surface area is 97.2 Å². The van der Waals surface area contributed by atoms with E-state index in [0.29, 0.717) is 12.8 Å². The van der Waals surface area contributed by atoms with Crippen molar-refractivity contribution in [3.05, 3.63) is 0 Å². The molecule has 0 radical (unpaired) electrons. The highest BCUT2D eigenvalue weighted by Crippen LogP contribution is 2.24. The molecule has 96 valence electrons. The molecule has 0 bridgehead atoms. The van der Waals surface area contributed by atoms with Crippen molar-refractivity contribution in [2.75, 3.05) is 23.0 Å². The molecule has 1 atom stereocenters. The Morgan fingerprint density at radius 3 is 2.38 bits per heavy atom. The Balaban J connectivity index is 2.57. The second-order valence-corrected chi connectivity index (χ2v) is 9.09. The molecule has 0 aromatic heterocycles. The van der Waals surface area contributed by atoms with Gasteiger partial charge < -0.3 is 5.73 Å². The van der Waals surface area contributed by atoms with Crippen molar-refractivity contribution in [1.82, 2.24) is 0 Å². The average molecular weight is 269 g/mol. The number of hydrogen-bond donors (Lipinski definition) is 1. The van der Waals surface area contributed by atoms with E-state index in [9.17, 15) is 16.8 Å². The first-order valence-corrected chi connectivity index (χ1v) is 9.02. The van der Waals surface area contributed by atoms with Gasteiger partial charge in [-0.2, -0.15) is 0 Å². The highest BCUT2D eigenvalue weighted by molar-refractivity contribution is 7.92. The topological polar surface area (TPSA) is 94.3 Å². The zero-order valence-electron chi connectivity index (χ0n) is 9.48. The minimum atomic E-state index is -3.07. The molecule has 1 saturated heterocycles. The summed E-state index contributed by atoms with van der Waals surface area (Å²) in [7, 11) is -6.12. The zero-order chi connectivity index (χ0) is 12.4. The van der Waals surface area contributed by atoms with Crippen molar-refractivity contribution in [2.45, 2.75) is 31.7 Å². The predicted octanol–water partition coefficient (Wildman–Crippen LogP) is -0.283. The van der Waals surface area contributed by atoms with Crippen LogP contribution in [0.2, 0.25) is 0 Å². The summed E-state index contributed by atoms with van der Waals surface area (Å²) >= 11 is 0. The summed E-state index contributed by atoms with van der Waals surface area (Å²) in [6.07, 6.45) is 1.20. The van der Waals surface area contributed by atoms with Gasteiger partial charge in [0.05, 0.1) is 17.3 Å². The fraction of sp³-hybridized carbons (Fsp3) is 1.00. The third-order valence-electron chi connectivity index (χ3n) is 2.84. The van der Waals surface area contributed by atoms with Gasteiger partial charge in [0, 0.05) is 11.3 Å². The van der Waals surface area contributed by atoms with Gasteiger partial charge in [0.1, 0.15) is 9.84 Å². The molecule has 1 rings (SSSR count). The predicted molar refractivity (Wildman–Crippen MR) is 63.8 cm³/mol. The Morgan fingerprint density at radius 2 is 1.94 bits per heavy atom. The molecular formula is C9H19NO4S2. The molecule has 0 amide bonds. The molecule has 1 unspecified atom stereocenters. The van der Waals surface area contributed by atoms with Crippen LogP contribution in [0.25, 0.3) is 0 Å². The summed E-state index contributed by atoms with van der Waals surface area (Å²) in [5, 5.41) is 0. The number of rotatable bonds is 5. The van der Waals surface area contributed by atoms with Crippen LogP contribution < -0.4 is 5.73 Å². The van der Waals surface area contributed by atoms with Crippen LogP contribution in [0.15, 0.2) is 0 Å². The molecule has 1 aliphatic heterocycles. The number of nitrogens with two attached hydrogens (primary N) is 1. The van der Waals surface area contributed by atoms with Gasteiger partial charge in [-0.05, 0) is 19.3 Å². The van der Waals surface area contributed by atoms with E-state index in [1.165, 1.54) is 0 Å². The van der Waals surface area contributed by atoms with Crippen LogP contribution in [0, 0.1) is 0 Å². The SMILES string of the molecule is CCCS(=O)(=O)CCC1(N)CCS(=O)(=O)C1. The van der Waals surface area contributed by atoms with Crippen LogP contribution in [-0.2, 0) is 19.7 Å². The normalized spacial score (nSPS) is 29.4. The van der Waals surface area contributed by atoms with Gasteiger partial charge in [0.2, 0.25) is 0 Å². The van der Waals surface area contributed by atoms with E-state index in [1.807, 2.05) is 0 Å². The van der Waals surface area contributed by atoms with E-state index >= 15 is 0 Å². The Hall–Kier alpha value is -0.140. The highest BCUT2D eigenvalue weighted by atomic mass is 32.2. The van der Waals surface area contributed by atoms with Crippen LogP contribution in [0.3, 0.4) is 0 Å². The summed E-state index contributed by atoms with van der Waals surface area (Å²) in [6, 6.07) is 0. The maximum absolute atomic E-state index is 11.5. The summed E-state index contributed by atoms with van der Waals surface area (Å²) in [5.74, 6) is 0.141. The number of hydrogen-bond acceptors (Lipinski definition) is 5. The Kier molecular flexibility index (Phi) is 4.02. The lowest BCUT2D eigenvalue weighted by Crippen LogP contribution is -2.42. The van der Waals surface area contributed by atoms with Crippen molar-refractivity contribution in [3.8, 4) is 0 Å². The van der Waals surface area contributed by atoms with Crippen LogP contribution in [-0.4, -0.2) is 45.4 Å². The minimum Gasteiger partial charge on any atom is -0.324 e. The first kappa shape index (κ1) is 13.9. The maximum atomic E-state index is 11.5. The van der Waals surface area contributed by atoms with Gasteiger partial charge >= 0.3 is 0 Å². The van der Waals surface area contributed by atoms with Gasteiger partial charge in [-0.3, -0.25) is 0 Å². The van der Waals surface area contributed by atoms with Crippen LogP contribution in [0.1, 0.15) is 26.2 Å². The lowest BCUT2D eigenvalue weighted by Gasteiger charge is -2.21. The van der Waals surface area contributed by atoms with E-state index in [0.717, 1.165) is 0 Å². The van der Waals surface area contributed by atoms with Crippen molar-refractivity contribution in [2.24, 2.45) is 5.73 Å². The second kappa shape index (κ2) is 4.62. The van der Waals surface area contributed by atoms with Crippen molar-refractivity contribution in [3.63, 3.8) is 0 Å². The number of sulfone groups is 2. The van der Waals surface area contributed by atoms with E-state index in [2.05, 4.69) is 0 Å². The Bertz CT molecular complexity index is 440. The summed E-state index contributed by atoms with van der Waals surface area (Å²) < 4.78 is 45.5. The summed E-state index contributed by atoms with van der Waals surface area (Å²) in [5.41, 5.74) is 5.06. The molecule has 1 heterocycles. The quantitative estimate of drug-likeness (QED) is 0.740. The van der Waals surface area contributed by atoms with E-state index < -0.39 is 25.2 Å². The molecule has 5 nitrogen and oxygen atoms in total. The minimum absolute atomic E-state index is 0.00708. The fourth-order valence-electron chi connectivity index (χ4n) is 1.91. The molecule has 7 heteroatoms. The van der Waals surface area contributed by atoms with E-state index in [-0.39, 0.29) is 29.4 Å². The molecule has 1 fully saturated rings. The monoisotopic (exact) mass is 269 g/mol. The highest BCUT2D eigenvalue weighted by Gasteiger charge is 2.39. The smallest absolute Gasteiger partial charge is 0.152 e. The molecule has 0 aliphatic carbocycles. The molecule has 0 aromatic rings. The first-order chi connectivity index (χ1) is 7.18. The van der Waals surface area contributed by atoms with Gasteiger partial charge in [-0.15, -0.1) is 0 Å². The van der Waals surface area contributed by atoms with Crippen molar-refractivity contribution in [1.29, 1.82) is 0 Å². The third kappa shape index (κ3) is 4.03. The first-order valence-electron chi connectivity index (χ1n) is 5.38. The molecule has 0 aromatic carbocycles. The second-order valence-electron chi connectivity index (χ2n) is 4.61. The molecule has 2 N–H and O–H groups in total. The van der Waals surface area contributed by atoms with Crippen LogP contribution >= 0.6 is 0 Å². The van der Waals surface area contributed by atoms with Crippen molar-refractivity contribution >= 4 is 19.7 Å². The summed E-state index contributed by atoms with van der Waals surface area (Å²) in [6.45, 7) is 1.80. The van der Waals surface area contributed by atoms with E-state index in [4.69, 9.17) is 5.73 Å². The molecule has 16 heavy (non-hydrogen) atoms. The zero-order valence-corrected chi connectivity index (χ0v) is 11.1. The molecular weight excluding hydrogens is 250 g/mol. The van der Waals surface area contributed by atoms with Crippen LogP contribution in [0.4, 0.5) is 0 Å². The molecule has 1 aliphatic rings. The standard InChI is InChI=1S/C9H19NO4S2/c1-2-5-15(11,12)6-3-9(10)4-7-16(13,14)8-9/h2-8,10H2,1H3. The lowest BCUT2D eigenvalue weighted by molar-refractivity contribution is 0.460. The van der Waals surface area contributed by atoms with Gasteiger partial charge in [-0.25, -0.2) is 16.8 Å². The van der Waals surface area contributed by atoms with Gasteiger partial charge in [-0.1, -0.05) is 6.92 Å². The average Bonchev–Trinajstić information content (AvgIpc) is 2.39. The molecule has 0 saturated carbocycles. The maximum Gasteiger partial charge on any atom is 0.152 e. The van der Waals surface area contributed by atoms with Gasteiger partial charge in [0.25, 0.3) is 0 Å². The van der Waals surface area contributed by atoms with Gasteiger partial charge in [0.15, 0.2) is 9.84 Å². The summed E-state index contributed by atoms with van der Waals surface area (Å²) in [4.78, 5) is 0. The Morgan fingerprint density at radius 1 is 1.31 bits per heavy atom.